The number of nitriles is 1. The van der Waals surface area contributed by atoms with E-state index in [0.717, 1.165) is 0 Å². The second kappa shape index (κ2) is 9.38. The summed E-state index contributed by atoms with van der Waals surface area (Å²) in [5.74, 6) is -3.39. The molecule has 0 aliphatic carbocycles. The van der Waals surface area contributed by atoms with Crippen LogP contribution in [-0.4, -0.2) is 32.7 Å². The third-order valence-electron chi connectivity index (χ3n) is 6.73. The van der Waals surface area contributed by atoms with Gasteiger partial charge in [-0.2, -0.15) is 19.1 Å². The van der Waals surface area contributed by atoms with Crippen LogP contribution >= 0.6 is 23.2 Å². The fraction of sp³-hybridized carbons (Fsp3) is 0.346. The third kappa shape index (κ3) is 4.31. The Balaban J connectivity index is 1.47. The van der Waals surface area contributed by atoms with Gasteiger partial charge in [-0.3, -0.25) is 9.48 Å². The summed E-state index contributed by atoms with van der Waals surface area (Å²) < 4.78 is 39.2. The predicted octanol–water partition coefficient (Wildman–Crippen LogP) is 5.98. The minimum atomic E-state index is -3.34. The Hall–Kier alpha value is -3.15. The van der Waals surface area contributed by atoms with E-state index >= 15 is 8.78 Å². The average Bonchev–Trinajstić information content (AvgIpc) is 3.16. The molecule has 186 valence electrons. The Labute approximate surface area is 217 Å². The maximum atomic E-state index is 16.0. The predicted molar refractivity (Wildman–Crippen MR) is 130 cm³/mol. The van der Waals surface area contributed by atoms with Crippen molar-refractivity contribution in [3.05, 3.63) is 80.6 Å². The molecule has 2 aliphatic heterocycles. The van der Waals surface area contributed by atoms with Crippen molar-refractivity contribution < 1.29 is 18.3 Å². The second-order valence-electron chi connectivity index (χ2n) is 9.12. The molecule has 0 N–H and O–H groups in total. The number of nitrogens with zero attached hydrogens (tertiary/aromatic N) is 4. The van der Waals surface area contributed by atoms with Crippen LogP contribution in [-0.2, 0) is 25.4 Å². The number of aryl methyl sites for hydroxylation is 1. The Kier molecular flexibility index (Phi) is 6.39. The van der Waals surface area contributed by atoms with Crippen LogP contribution in [0.2, 0.25) is 10.0 Å². The Morgan fingerprint density at radius 3 is 2.64 bits per heavy atom. The van der Waals surface area contributed by atoms with Crippen LogP contribution in [0.4, 0.5) is 8.78 Å². The van der Waals surface area contributed by atoms with Crippen LogP contribution in [0.5, 0.6) is 5.75 Å². The molecule has 0 saturated heterocycles. The molecule has 0 bridgehead atoms. The molecule has 6 nitrogen and oxygen atoms in total. The number of halogens is 4. The van der Waals surface area contributed by atoms with E-state index in [1.807, 2.05) is 13.0 Å². The highest BCUT2D eigenvalue weighted by molar-refractivity contribution is 6.42. The summed E-state index contributed by atoms with van der Waals surface area (Å²) in [6, 6.07) is 12.5. The summed E-state index contributed by atoms with van der Waals surface area (Å²) in [6.07, 6.45) is -0.454. The lowest BCUT2D eigenvalue weighted by Gasteiger charge is -2.34. The number of fused-ring (bicyclic) bond motifs is 3. The number of benzene rings is 2. The molecule has 0 radical (unpaired) electrons. The normalized spacial score (nSPS) is 20.6. The molecular formula is C26H22Cl2F2N4O2. The fourth-order valence-electron chi connectivity index (χ4n) is 4.86. The number of ether oxygens (including phenoxy) is 1. The van der Waals surface area contributed by atoms with Gasteiger partial charge in [-0.05, 0) is 62.2 Å². The molecule has 2 aromatic carbocycles. The van der Waals surface area contributed by atoms with Crippen LogP contribution in [0.3, 0.4) is 0 Å². The van der Waals surface area contributed by atoms with E-state index in [-0.39, 0.29) is 41.4 Å². The van der Waals surface area contributed by atoms with Crippen molar-refractivity contribution in [3.63, 3.8) is 0 Å². The Morgan fingerprint density at radius 2 is 1.94 bits per heavy atom. The van der Waals surface area contributed by atoms with E-state index in [2.05, 4.69) is 5.10 Å². The quantitative estimate of drug-likeness (QED) is 0.417. The lowest BCUT2D eigenvalue weighted by Crippen LogP contribution is -2.44. The lowest BCUT2D eigenvalue weighted by molar-refractivity contribution is -0.108. The zero-order valence-electron chi connectivity index (χ0n) is 19.3. The number of alkyl halides is 2. The van der Waals surface area contributed by atoms with Gasteiger partial charge in [0.15, 0.2) is 6.10 Å². The molecule has 3 heterocycles. The molecular weight excluding hydrogens is 509 g/mol. The van der Waals surface area contributed by atoms with E-state index in [1.165, 1.54) is 35.0 Å². The van der Waals surface area contributed by atoms with E-state index in [4.69, 9.17) is 33.2 Å². The SMILES string of the molecule is C[C@@H]1Cc2nn3c(c2CN1C(=O)c1ccc(Cl)c(Cl)c1)C(F)(F)C(Oc1ccc(C#N)cc1)CCC3. The van der Waals surface area contributed by atoms with Crippen molar-refractivity contribution in [2.24, 2.45) is 0 Å². The molecule has 10 heteroatoms. The average molecular weight is 531 g/mol. The van der Waals surface area contributed by atoms with Crippen molar-refractivity contribution in [3.8, 4) is 11.8 Å². The van der Waals surface area contributed by atoms with Crippen LogP contribution in [0.1, 0.15) is 52.6 Å². The molecule has 5 rings (SSSR count). The van der Waals surface area contributed by atoms with Gasteiger partial charge in [0, 0.05) is 30.1 Å². The Morgan fingerprint density at radius 1 is 1.19 bits per heavy atom. The van der Waals surface area contributed by atoms with E-state index in [0.29, 0.717) is 46.8 Å². The molecule has 1 unspecified atom stereocenters. The van der Waals surface area contributed by atoms with Gasteiger partial charge in [0.25, 0.3) is 5.91 Å². The molecule has 2 atom stereocenters. The van der Waals surface area contributed by atoms with Crippen molar-refractivity contribution >= 4 is 29.1 Å². The van der Waals surface area contributed by atoms with Crippen LogP contribution in [0.25, 0.3) is 0 Å². The standard InChI is InChI=1S/C26H22Cl2F2N4O2/c1-15-11-22-19(14-33(15)25(35)17-6-9-20(27)21(28)12-17)24-26(29,30)23(3-2-10-34(24)32-22)36-18-7-4-16(13-31)5-8-18/h4-9,12,15,23H,2-3,10-11,14H2,1H3/t15-,23?/m1/s1. The van der Waals surface area contributed by atoms with Crippen LogP contribution < -0.4 is 4.74 Å². The Bertz CT molecular complexity index is 1370. The van der Waals surface area contributed by atoms with Gasteiger partial charge in [0.1, 0.15) is 11.4 Å². The maximum Gasteiger partial charge on any atom is 0.325 e. The number of carbonyl (C=O) groups excluding carboxylic acids is 1. The van der Waals surface area contributed by atoms with Crippen LogP contribution in [0.15, 0.2) is 42.5 Å². The largest absolute Gasteiger partial charge is 0.484 e. The lowest BCUT2D eigenvalue weighted by atomic mass is 9.94. The molecule has 0 fully saturated rings. The van der Waals surface area contributed by atoms with Gasteiger partial charge in [0.05, 0.1) is 33.9 Å². The van der Waals surface area contributed by atoms with Gasteiger partial charge in [-0.25, -0.2) is 0 Å². The van der Waals surface area contributed by atoms with Crippen molar-refractivity contribution in [1.82, 2.24) is 14.7 Å². The number of amides is 1. The number of aromatic nitrogens is 2. The molecule has 1 aromatic heterocycles. The van der Waals surface area contributed by atoms with Crippen molar-refractivity contribution in [1.29, 1.82) is 5.26 Å². The first-order valence-electron chi connectivity index (χ1n) is 11.6. The first-order valence-corrected chi connectivity index (χ1v) is 12.3. The highest BCUT2D eigenvalue weighted by Crippen LogP contribution is 2.43. The highest BCUT2D eigenvalue weighted by atomic mass is 35.5. The van der Waals surface area contributed by atoms with E-state index in [1.54, 1.807) is 17.0 Å². The summed E-state index contributed by atoms with van der Waals surface area (Å²) in [7, 11) is 0. The summed E-state index contributed by atoms with van der Waals surface area (Å²) in [6.45, 7) is 2.21. The second-order valence-corrected chi connectivity index (χ2v) is 9.93. The van der Waals surface area contributed by atoms with Gasteiger partial charge < -0.3 is 9.64 Å². The monoisotopic (exact) mass is 530 g/mol. The van der Waals surface area contributed by atoms with E-state index in [9.17, 15) is 4.79 Å². The third-order valence-corrected chi connectivity index (χ3v) is 7.47. The smallest absolute Gasteiger partial charge is 0.325 e. The summed E-state index contributed by atoms with van der Waals surface area (Å²) in [5.41, 5.74) is 1.50. The number of hydrogen-bond acceptors (Lipinski definition) is 4. The van der Waals surface area contributed by atoms with Crippen molar-refractivity contribution in [2.45, 2.75) is 57.3 Å². The molecule has 3 aromatic rings. The molecule has 0 spiro atoms. The molecule has 2 aliphatic rings. The number of hydrogen-bond donors (Lipinski definition) is 0. The molecule has 0 saturated carbocycles. The van der Waals surface area contributed by atoms with Gasteiger partial charge in [-0.1, -0.05) is 23.2 Å². The summed E-state index contributed by atoms with van der Waals surface area (Å²) in [5, 5.41) is 14.1. The minimum absolute atomic E-state index is 0.00406. The van der Waals surface area contributed by atoms with Gasteiger partial charge in [-0.15, -0.1) is 0 Å². The fourth-order valence-corrected chi connectivity index (χ4v) is 5.16. The van der Waals surface area contributed by atoms with Gasteiger partial charge >= 0.3 is 5.92 Å². The number of rotatable bonds is 3. The summed E-state index contributed by atoms with van der Waals surface area (Å²) >= 11 is 12.1. The highest BCUT2D eigenvalue weighted by Gasteiger charge is 2.51. The van der Waals surface area contributed by atoms with Crippen molar-refractivity contribution in [2.75, 3.05) is 0 Å². The molecule has 1 amide bonds. The first kappa shape index (κ1) is 24.5. The molecule has 36 heavy (non-hydrogen) atoms. The zero-order chi connectivity index (χ0) is 25.6. The first-order chi connectivity index (χ1) is 17.2. The van der Waals surface area contributed by atoms with E-state index < -0.39 is 12.0 Å². The number of carbonyl (C=O) groups is 1. The zero-order valence-corrected chi connectivity index (χ0v) is 20.9. The van der Waals surface area contributed by atoms with Gasteiger partial charge in [0.2, 0.25) is 0 Å². The maximum absolute atomic E-state index is 16.0. The summed E-state index contributed by atoms with van der Waals surface area (Å²) in [4.78, 5) is 14.9. The topological polar surface area (TPSA) is 71.2 Å². The van der Waals surface area contributed by atoms with Crippen LogP contribution in [0, 0.1) is 11.3 Å². The minimum Gasteiger partial charge on any atom is -0.484 e.